The highest BCUT2D eigenvalue weighted by Gasteiger charge is 1.84. The van der Waals surface area contributed by atoms with Crippen molar-refractivity contribution in [1.82, 2.24) is 5.09 Å². The summed E-state index contributed by atoms with van der Waals surface area (Å²) in [5.41, 5.74) is 0. The minimum absolute atomic E-state index is 0.119. The van der Waals surface area contributed by atoms with Gasteiger partial charge in [0.1, 0.15) is 0 Å². The molecule has 0 aromatic rings. The molecule has 0 saturated heterocycles. The van der Waals surface area contributed by atoms with Crippen LogP contribution in [0.15, 0.2) is 0 Å². The molecule has 2 N–H and O–H groups in total. The van der Waals surface area contributed by atoms with Crippen LogP contribution in [0.3, 0.4) is 0 Å². The zero-order valence-electron chi connectivity index (χ0n) is 5.47. The fourth-order valence-corrected chi connectivity index (χ4v) is 0.647. The highest BCUT2D eigenvalue weighted by molar-refractivity contribution is 7.13. The molecule has 0 aromatic heterocycles. The summed E-state index contributed by atoms with van der Waals surface area (Å²) in [5, 5.41) is 11.2. The second kappa shape index (κ2) is 8.31. The smallest absolute Gasteiger partial charge is 0.0697 e. The third kappa shape index (κ3) is 8.31. The molecule has 9 heavy (non-hydrogen) atoms. The Hall–Kier alpha value is 0.310. The standard InChI is InChI=1S/C5H14NO2P/c7-3-5-8-4-1-2-6-9/h6-7H,1-5,9H2. The molecule has 0 aliphatic rings. The summed E-state index contributed by atoms with van der Waals surface area (Å²) < 4.78 is 4.99. The average Bonchev–Trinajstić information content (AvgIpc) is 1.89. The van der Waals surface area contributed by atoms with E-state index in [-0.39, 0.29) is 6.61 Å². The van der Waals surface area contributed by atoms with E-state index in [0.717, 1.165) is 19.6 Å². The van der Waals surface area contributed by atoms with Gasteiger partial charge in [-0.2, -0.15) is 0 Å². The van der Waals surface area contributed by atoms with Gasteiger partial charge in [0.05, 0.1) is 13.2 Å². The van der Waals surface area contributed by atoms with Gasteiger partial charge >= 0.3 is 0 Å². The molecule has 0 bridgehead atoms. The van der Waals surface area contributed by atoms with Crippen molar-refractivity contribution in [3.8, 4) is 0 Å². The highest BCUT2D eigenvalue weighted by atomic mass is 31.0. The first-order valence-corrected chi connectivity index (χ1v) is 3.61. The lowest BCUT2D eigenvalue weighted by atomic mass is 10.5. The largest absolute Gasteiger partial charge is 0.394 e. The van der Waals surface area contributed by atoms with Crippen molar-refractivity contribution in [3.05, 3.63) is 0 Å². The van der Waals surface area contributed by atoms with Gasteiger partial charge in [-0.1, -0.05) is 9.39 Å². The summed E-state index contributed by atoms with van der Waals surface area (Å²) in [6.45, 7) is 2.24. The van der Waals surface area contributed by atoms with Crippen molar-refractivity contribution in [3.63, 3.8) is 0 Å². The third-order valence-electron chi connectivity index (χ3n) is 0.845. The van der Waals surface area contributed by atoms with Crippen LogP contribution in [0.4, 0.5) is 0 Å². The predicted octanol–water partition coefficient (Wildman–Crippen LogP) is -0.235. The molecule has 0 saturated carbocycles. The number of hydrogen-bond acceptors (Lipinski definition) is 3. The Morgan fingerprint density at radius 2 is 2.22 bits per heavy atom. The van der Waals surface area contributed by atoms with Crippen LogP contribution < -0.4 is 5.09 Å². The van der Waals surface area contributed by atoms with E-state index in [0.29, 0.717) is 6.61 Å². The molecular formula is C5H14NO2P. The molecule has 1 atom stereocenters. The summed E-state index contributed by atoms with van der Waals surface area (Å²) in [4.78, 5) is 0. The van der Waals surface area contributed by atoms with Gasteiger partial charge in [0.25, 0.3) is 0 Å². The molecule has 3 nitrogen and oxygen atoms in total. The molecule has 0 rings (SSSR count). The molecule has 56 valence electrons. The fraction of sp³-hybridized carbons (Fsp3) is 1.00. The van der Waals surface area contributed by atoms with Gasteiger partial charge < -0.3 is 14.9 Å². The third-order valence-corrected chi connectivity index (χ3v) is 1.13. The zero-order chi connectivity index (χ0) is 6.95. The van der Waals surface area contributed by atoms with Crippen molar-refractivity contribution < 1.29 is 9.84 Å². The lowest BCUT2D eigenvalue weighted by Crippen LogP contribution is -2.06. The van der Waals surface area contributed by atoms with Crippen LogP contribution >= 0.6 is 9.39 Å². The molecule has 1 unspecified atom stereocenters. The molecule has 4 heteroatoms. The first-order valence-electron chi connectivity index (χ1n) is 3.04. The van der Waals surface area contributed by atoms with Gasteiger partial charge in [-0.15, -0.1) is 0 Å². The van der Waals surface area contributed by atoms with Crippen molar-refractivity contribution in [2.24, 2.45) is 0 Å². The van der Waals surface area contributed by atoms with Gasteiger partial charge in [-0.05, 0) is 6.42 Å². The lowest BCUT2D eigenvalue weighted by molar-refractivity contribution is 0.0914. The molecule has 0 radical (unpaired) electrons. The van der Waals surface area contributed by atoms with E-state index in [1.807, 2.05) is 0 Å². The minimum atomic E-state index is 0.119. The van der Waals surface area contributed by atoms with Crippen molar-refractivity contribution in [2.45, 2.75) is 6.42 Å². The second-order valence-corrected chi connectivity index (χ2v) is 2.05. The van der Waals surface area contributed by atoms with E-state index < -0.39 is 0 Å². The summed E-state index contributed by atoms with van der Waals surface area (Å²) in [5.74, 6) is 0. The van der Waals surface area contributed by atoms with Crippen LogP contribution in [0, 0.1) is 0 Å². The monoisotopic (exact) mass is 151 g/mol. The molecule has 0 aromatic carbocycles. The maximum atomic E-state index is 8.28. The van der Waals surface area contributed by atoms with Crippen molar-refractivity contribution in [2.75, 3.05) is 26.4 Å². The van der Waals surface area contributed by atoms with Crippen LogP contribution in [-0.2, 0) is 4.74 Å². The normalized spacial score (nSPS) is 10.0. The van der Waals surface area contributed by atoms with E-state index >= 15 is 0 Å². The Labute approximate surface area is 58.0 Å². The van der Waals surface area contributed by atoms with E-state index in [9.17, 15) is 0 Å². The molecule has 0 fully saturated rings. The zero-order valence-corrected chi connectivity index (χ0v) is 6.62. The molecule has 0 amide bonds. The van der Waals surface area contributed by atoms with Crippen molar-refractivity contribution in [1.29, 1.82) is 0 Å². The maximum absolute atomic E-state index is 8.28. The lowest BCUT2D eigenvalue weighted by Gasteiger charge is -1.99. The van der Waals surface area contributed by atoms with Gasteiger partial charge in [0.2, 0.25) is 0 Å². The molecular weight excluding hydrogens is 137 g/mol. The van der Waals surface area contributed by atoms with E-state index in [1.54, 1.807) is 0 Å². The van der Waals surface area contributed by atoms with Crippen LogP contribution in [0.1, 0.15) is 6.42 Å². The average molecular weight is 151 g/mol. The Balaban J connectivity index is 2.60. The van der Waals surface area contributed by atoms with Crippen LogP contribution in [0.5, 0.6) is 0 Å². The Morgan fingerprint density at radius 3 is 2.78 bits per heavy atom. The summed E-state index contributed by atoms with van der Waals surface area (Å²) in [7, 11) is 2.42. The Morgan fingerprint density at radius 1 is 1.44 bits per heavy atom. The van der Waals surface area contributed by atoms with Gasteiger partial charge in [-0.3, -0.25) is 0 Å². The van der Waals surface area contributed by atoms with E-state index in [4.69, 9.17) is 9.84 Å². The predicted molar refractivity (Wildman–Crippen MR) is 40.2 cm³/mol. The number of hydrogen-bond donors (Lipinski definition) is 2. The van der Waals surface area contributed by atoms with Gasteiger partial charge in [0.15, 0.2) is 0 Å². The first-order chi connectivity index (χ1) is 4.41. The molecule has 0 aliphatic heterocycles. The van der Waals surface area contributed by atoms with Crippen molar-refractivity contribution >= 4 is 9.39 Å². The van der Waals surface area contributed by atoms with Crippen LogP contribution in [0.2, 0.25) is 0 Å². The summed E-state index contributed by atoms with van der Waals surface area (Å²) in [6.07, 6.45) is 0.990. The number of ether oxygens (including phenoxy) is 1. The minimum Gasteiger partial charge on any atom is -0.394 e. The Bertz CT molecular complexity index is 48.2. The van der Waals surface area contributed by atoms with E-state index in [2.05, 4.69) is 14.5 Å². The van der Waals surface area contributed by atoms with Crippen LogP contribution in [0.25, 0.3) is 0 Å². The maximum Gasteiger partial charge on any atom is 0.0697 e. The summed E-state index contributed by atoms with van der Waals surface area (Å²) in [6, 6.07) is 0. The number of rotatable bonds is 6. The quantitative estimate of drug-likeness (QED) is 0.407. The topological polar surface area (TPSA) is 41.5 Å². The highest BCUT2D eigenvalue weighted by Crippen LogP contribution is 1.81. The number of aliphatic hydroxyl groups excluding tert-OH is 1. The number of nitrogens with one attached hydrogen (secondary N) is 1. The van der Waals surface area contributed by atoms with Gasteiger partial charge in [-0.25, -0.2) is 0 Å². The first kappa shape index (κ1) is 9.31. The molecule has 0 aliphatic carbocycles. The second-order valence-electron chi connectivity index (χ2n) is 1.64. The fourth-order valence-electron chi connectivity index (χ4n) is 0.443. The molecule has 0 heterocycles. The van der Waals surface area contributed by atoms with E-state index in [1.165, 1.54) is 0 Å². The summed E-state index contributed by atoms with van der Waals surface area (Å²) >= 11 is 0. The number of aliphatic hydroxyl groups is 1. The Kier molecular flexibility index (Phi) is 8.60. The van der Waals surface area contributed by atoms with Gasteiger partial charge in [0, 0.05) is 13.2 Å². The SMILES string of the molecule is OCCOCCCNP. The van der Waals surface area contributed by atoms with Crippen LogP contribution in [-0.4, -0.2) is 31.5 Å². The molecule has 0 spiro atoms.